The molecule has 24 heavy (non-hydrogen) atoms. The van der Waals surface area contributed by atoms with Crippen LogP contribution in [0.15, 0.2) is 30.3 Å². The summed E-state index contributed by atoms with van der Waals surface area (Å²) in [7, 11) is 2.68. The molecule has 0 radical (unpaired) electrons. The highest BCUT2D eigenvalue weighted by atomic mass is 32.1. The number of carbonyl (C=O) groups is 2. The van der Waals surface area contributed by atoms with Gasteiger partial charge in [0.1, 0.15) is 11.7 Å². The highest BCUT2D eigenvalue weighted by molar-refractivity contribution is 7.80. The van der Waals surface area contributed by atoms with Crippen molar-refractivity contribution in [3.8, 4) is 0 Å². The lowest BCUT2D eigenvalue weighted by Crippen LogP contribution is -2.70. The molecule has 0 unspecified atom stereocenters. The van der Waals surface area contributed by atoms with Crippen LogP contribution < -0.4 is 5.32 Å². The number of ketones is 1. The van der Waals surface area contributed by atoms with Crippen molar-refractivity contribution in [3.05, 3.63) is 35.9 Å². The number of benzene rings is 1. The van der Waals surface area contributed by atoms with Crippen LogP contribution in [0.5, 0.6) is 0 Å². The summed E-state index contributed by atoms with van der Waals surface area (Å²) in [5, 5.41) is 14.5. The van der Waals surface area contributed by atoms with E-state index in [1.165, 1.54) is 19.1 Å². The van der Waals surface area contributed by atoms with Crippen LogP contribution in [0.25, 0.3) is 0 Å². The Hall–Kier alpha value is -1.99. The predicted octanol–water partition coefficient (Wildman–Crippen LogP) is 1.00. The molecule has 1 saturated heterocycles. The van der Waals surface area contributed by atoms with Gasteiger partial charge in [0, 0.05) is 13.0 Å². The van der Waals surface area contributed by atoms with Gasteiger partial charge in [0.05, 0.1) is 13.2 Å². The molecule has 1 aliphatic carbocycles. The zero-order valence-electron chi connectivity index (χ0n) is 13.6. The van der Waals surface area contributed by atoms with Crippen LogP contribution in [0.2, 0.25) is 0 Å². The number of esters is 1. The first-order chi connectivity index (χ1) is 11.4. The standard InChI is InChI=1S/C17H20N2O4S/c1-19-16(24)18-13(10-6-4-3-5-7-10)12(14(20)11-8-9-11)17(19,22)15(21)23-2/h3-7,11-13,22H,8-9H2,1-2H3,(H,18,24)/t12-,13+,17+/m0/s1. The first-order valence-corrected chi connectivity index (χ1v) is 8.25. The van der Waals surface area contributed by atoms with E-state index in [2.05, 4.69) is 5.32 Å². The van der Waals surface area contributed by atoms with Crippen LogP contribution in [0.3, 0.4) is 0 Å². The quantitative estimate of drug-likeness (QED) is 0.621. The monoisotopic (exact) mass is 348 g/mol. The van der Waals surface area contributed by atoms with Gasteiger partial charge in [-0.2, -0.15) is 0 Å². The van der Waals surface area contributed by atoms with Gasteiger partial charge in [-0.3, -0.25) is 4.79 Å². The van der Waals surface area contributed by atoms with Gasteiger partial charge in [0.2, 0.25) is 0 Å². The molecule has 0 amide bonds. The molecule has 0 aromatic heterocycles. The number of rotatable bonds is 4. The van der Waals surface area contributed by atoms with E-state index < -0.39 is 23.7 Å². The molecule has 3 rings (SSSR count). The van der Waals surface area contributed by atoms with E-state index in [0.717, 1.165) is 18.4 Å². The zero-order chi connectivity index (χ0) is 17.5. The number of aliphatic hydroxyl groups is 1. The first kappa shape index (κ1) is 16.9. The van der Waals surface area contributed by atoms with Crippen molar-refractivity contribution in [2.75, 3.05) is 14.2 Å². The fraction of sp³-hybridized carbons (Fsp3) is 0.471. The normalized spacial score (nSPS) is 29.8. The maximum absolute atomic E-state index is 13.0. The van der Waals surface area contributed by atoms with Crippen LogP contribution in [-0.4, -0.2) is 46.8 Å². The Morgan fingerprint density at radius 3 is 2.50 bits per heavy atom. The van der Waals surface area contributed by atoms with E-state index in [1.807, 2.05) is 30.3 Å². The Morgan fingerprint density at radius 2 is 1.96 bits per heavy atom. The van der Waals surface area contributed by atoms with Crippen LogP contribution in [-0.2, 0) is 14.3 Å². The topological polar surface area (TPSA) is 78.9 Å². The number of hydrogen-bond acceptors (Lipinski definition) is 5. The van der Waals surface area contributed by atoms with Crippen molar-refractivity contribution in [1.82, 2.24) is 10.2 Å². The molecule has 7 heteroatoms. The lowest BCUT2D eigenvalue weighted by Gasteiger charge is -2.49. The van der Waals surface area contributed by atoms with Gasteiger partial charge in [-0.15, -0.1) is 0 Å². The Morgan fingerprint density at radius 1 is 1.33 bits per heavy atom. The summed E-state index contributed by atoms with van der Waals surface area (Å²) in [6, 6.07) is 8.64. The van der Waals surface area contributed by atoms with Gasteiger partial charge >= 0.3 is 5.97 Å². The lowest BCUT2D eigenvalue weighted by molar-refractivity contribution is -0.195. The maximum atomic E-state index is 13.0. The number of likely N-dealkylation sites (N-methyl/N-ethyl adjacent to an activating group) is 1. The lowest BCUT2D eigenvalue weighted by atomic mass is 9.77. The number of nitrogens with zero attached hydrogens (tertiary/aromatic N) is 1. The SMILES string of the molecule is COC(=O)[C@]1(O)[C@H](C(=O)C2CC2)[C@@H](c2ccccc2)NC(=S)N1C. The maximum Gasteiger partial charge on any atom is 0.360 e. The minimum atomic E-state index is -2.13. The highest BCUT2D eigenvalue weighted by Crippen LogP contribution is 2.44. The molecule has 1 aromatic rings. The Bertz CT molecular complexity index is 676. The van der Waals surface area contributed by atoms with Crippen molar-refractivity contribution in [1.29, 1.82) is 0 Å². The highest BCUT2D eigenvalue weighted by Gasteiger charge is 2.61. The summed E-state index contributed by atoms with van der Waals surface area (Å²) in [5.41, 5.74) is -1.34. The van der Waals surface area contributed by atoms with Crippen LogP contribution >= 0.6 is 12.2 Å². The minimum absolute atomic E-state index is 0.126. The summed E-state index contributed by atoms with van der Waals surface area (Å²) in [6.45, 7) is 0. The Labute approximate surface area is 145 Å². The second-order valence-electron chi connectivity index (χ2n) is 6.27. The minimum Gasteiger partial charge on any atom is -0.465 e. The van der Waals surface area contributed by atoms with Crippen molar-refractivity contribution in [2.24, 2.45) is 11.8 Å². The molecule has 2 aliphatic rings. The van der Waals surface area contributed by atoms with E-state index in [0.29, 0.717) is 0 Å². The van der Waals surface area contributed by atoms with Crippen molar-refractivity contribution < 1.29 is 19.4 Å². The summed E-state index contributed by atoms with van der Waals surface area (Å²) < 4.78 is 4.81. The first-order valence-electron chi connectivity index (χ1n) is 7.85. The van der Waals surface area contributed by atoms with Gasteiger partial charge in [0.15, 0.2) is 5.11 Å². The molecule has 2 N–H and O–H groups in total. The number of thiocarbonyl (C=S) groups is 1. The van der Waals surface area contributed by atoms with Gasteiger partial charge in [0.25, 0.3) is 5.72 Å². The van der Waals surface area contributed by atoms with Gasteiger partial charge in [-0.05, 0) is 30.6 Å². The average Bonchev–Trinajstić information content (AvgIpc) is 3.44. The van der Waals surface area contributed by atoms with Gasteiger partial charge in [-0.1, -0.05) is 30.3 Å². The second-order valence-corrected chi connectivity index (χ2v) is 6.66. The molecular weight excluding hydrogens is 328 g/mol. The van der Waals surface area contributed by atoms with Crippen molar-refractivity contribution in [3.63, 3.8) is 0 Å². The van der Waals surface area contributed by atoms with E-state index in [1.54, 1.807) is 0 Å². The van der Waals surface area contributed by atoms with E-state index >= 15 is 0 Å². The smallest absolute Gasteiger partial charge is 0.360 e. The van der Waals surface area contributed by atoms with E-state index in [4.69, 9.17) is 17.0 Å². The number of nitrogens with one attached hydrogen (secondary N) is 1. The number of methoxy groups -OCH3 is 1. The number of hydrogen-bond donors (Lipinski definition) is 2. The van der Waals surface area contributed by atoms with Crippen LogP contribution in [0.1, 0.15) is 24.4 Å². The van der Waals surface area contributed by atoms with Crippen molar-refractivity contribution >= 4 is 29.1 Å². The molecule has 6 nitrogen and oxygen atoms in total. The molecule has 128 valence electrons. The second kappa shape index (κ2) is 6.14. The summed E-state index contributed by atoms with van der Waals surface area (Å²) in [6.07, 6.45) is 1.56. The average molecular weight is 348 g/mol. The summed E-state index contributed by atoms with van der Waals surface area (Å²) in [5.74, 6) is -2.15. The number of carbonyl (C=O) groups excluding carboxylic acids is 2. The van der Waals surface area contributed by atoms with E-state index in [-0.39, 0.29) is 16.8 Å². The molecule has 2 fully saturated rings. The Kier molecular flexibility index (Phi) is 4.31. The number of ether oxygens (including phenoxy) is 1. The zero-order valence-corrected chi connectivity index (χ0v) is 14.4. The number of Topliss-reactive ketones (excluding diaryl/α,β-unsaturated/α-hetero) is 1. The van der Waals surface area contributed by atoms with Crippen molar-refractivity contribution in [2.45, 2.75) is 24.6 Å². The fourth-order valence-corrected chi connectivity index (χ4v) is 3.51. The van der Waals surface area contributed by atoms with Crippen LogP contribution in [0.4, 0.5) is 0 Å². The third kappa shape index (κ3) is 2.57. The molecule has 0 bridgehead atoms. The van der Waals surface area contributed by atoms with E-state index in [9.17, 15) is 14.7 Å². The predicted molar refractivity (Wildman–Crippen MR) is 90.9 cm³/mol. The summed E-state index contributed by atoms with van der Waals surface area (Å²) in [4.78, 5) is 26.6. The summed E-state index contributed by atoms with van der Waals surface area (Å²) >= 11 is 5.28. The molecule has 1 aromatic carbocycles. The molecule has 3 atom stereocenters. The third-order valence-electron chi connectivity index (χ3n) is 4.79. The molecule has 1 aliphatic heterocycles. The Balaban J connectivity index is 2.11. The third-order valence-corrected chi connectivity index (χ3v) is 5.18. The molecule has 1 saturated carbocycles. The van der Waals surface area contributed by atoms with Gasteiger partial charge in [-0.25, -0.2) is 4.79 Å². The molecular formula is C17H20N2O4S. The van der Waals surface area contributed by atoms with Gasteiger partial charge < -0.3 is 20.1 Å². The molecule has 1 heterocycles. The van der Waals surface area contributed by atoms with Crippen LogP contribution in [0, 0.1) is 11.8 Å². The molecule has 0 spiro atoms. The largest absolute Gasteiger partial charge is 0.465 e. The fourth-order valence-electron chi connectivity index (χ4n) is 3.24.